The molecule has 2 N–H and O–H groups in total. The van der Waals surface area contributed by atoms with Crippen LogP contribution in [-0.4, -0.2) is 27.0 Å². The van der Waals surface area contributed by atoms with Gasteiger partial charge in [-0.25, -0.2) is 4.68 Å². The fourth-order valence-corrected chi connectivity index (χ4v) is 2.90. The van der Waals surface area contributed by atoms with Crippen molar-refractivity contribution in [3.8, 4) is 5.69 Å². The highest BCUT2D eigenvalue weighted by atomic mass is 16.3. The van der Waals surface area contributed by atoms with Gasteiger partial charge in [0.05, 0.1) is 18.0 Å². The summed E-state index contributed by atoms with van der Waals surface area (Å²) in [6, 6.07) is 12.1. The number of aromatic nitrogens is 2. The van der Waals surface area contributed by atoms with Crippen molar-refractivity contribution in [3.05, 3.63) is 48.3 Å². The molecule has 2 aromatic rings. The highest BCUT2D eigenvalue weighted by molar-refractivity contribution is 5.30. The number of para-hydroxylation sites is 1. The van der Waals surface area contributed by atoms with Crippen molar-refractivity contribution >= 4 is 0 Å². The molecule has 106 valence electrons. The van der Waals surface area contributed by atoms with Crippen molar-refractivity contribution in [2.45, 2.75) is 37.8 Å². The lowest BCUT2D eigenvalue weighted by molar-refractivity contribution is 0.162. The monoisotopic (exact) mass is 271 g/mol. The summed E-state index contributed by atoms with van der Waals surface area (Å²) in [5.41, 5.74) is 1.99. The number of benzene rings is 1. The SMILES string of the molecule is OCC1(NCc2ccn(-c3ccccc3)n2)CCCC1. The normalized spacial score (nSPS) is 17.4. The van der Waals surface area contributed by atoms with E-state index in [1.165, 1.54) is 12.8 Å². The van der Waals surface area contributed by atoms with Gasteiger partial charge in [0.1, 0.15) is 0 Å². The van der Waals surface area contributed by atoms with Crippen molar-refractivity contribution in [2.24, 2.45) is 0 Å². The first-order valence-electron chi connectivity index (χ1n) is 7.27. The van der Waals surface area contributed by atoms with Gasteiger partial charge in [0.2, 0.25) is 0 Å². The Morgan fingerprint density at radius 2 is 1.90 bits per heavy atom. The molecule has 1 aromatic heterocycles. The van der Waals surface area contributed by atoms with Gasteiger partial charge in [0, 0.05) is 18.3 Å². The van der Waals surface area contributed by atoms with Crippen LogP contribution in [0.2, 0.25) is 0 Å². The molecule has 4 heteroatoms. The van der Waals surface area contributed by atoms with E-state index in [9.17, 15) is 5.11 Å². The predicted octanol–water partition coefficient (Wildman–Crippen LogP) is 2.27. The Morgan fingerprint density at radius 1 is 1.15 bits per heavy atom. The third kappa shape index (κ3) is 2.76. The van der Waals surface area contributed by atoms with E-state index in [0.29, 0.717) is 6.54 Å². The lowest BCUT2D eigenvalue weighted by atomic mass is 9.99. The molecule has 0 unspecified atom stereocenters. The Kier molecular flexibility index (Phi) is 3.85. The first-order valence-corrected chi connectivity index (χ1v) is 7.27. The van der Waals surface area contributed by atoms with Crippen LogP contribution in [0.4, 0.5) is 0 Å². The average molecular weight is 271 g/mol. The summed E-state index contributed by atoms with van der Waals surface area (Å²) in [6.45, 7) is 0.923. The second kappa shape index (κ2) is 5.77. The van der Waals surface area contributed by atoms with Gasteiger partial charge in [0.25, 0.3) is 0 Å². The molecule has 1 fully saturated rings. The summed E-state index contributed by atoms with van der Waals surface area (Å²) in [6.07, 6.45) is 6.50. The fourth-order valence-electron chi connectivity index (χ4n) is 2.90. The predicted molar refractivity (Wildman–Crippen MR) is 78.7 cm³/mol. The summed E-state index contributed by atoms with van der Waals surface area (Å²) < 4.78 is 1.89. The van der Waals surface area contributed by atoms with Crippen molar-refractivity contribution in [1.29, 1.82) is 0 Å². The van der Waals surface area contributed by atoms with E-state index < -0.39 is 0 Å². The van der Waals surface area contributed by atoms with E-state index in [0.717, 1.165) is 24.2 Å². The van der Waals surface area contributed by atoms with Gasteiger partial charge >= 0.3 is 0 Å². The van der Waals surface area contributed by atoms with E-state index in [2.05, 4.69) is 10.4 Å². The van der Waals surface area contributed by atoms with Gasteiger partial charge in [-0.05, 0) is 31.0 Å². The molecule has 4 nitrogen and oxygen atoms in total. The minimum absolute atomic E-state index is 0.0868. The van der Waals surface area contributed by atoms with E-state index in [4.69, 9.17) is 0 Å². The molecule has 20 heavy (non-hydrogen) atoms. The Hall–Kier alpha value is -1.65. The molecule has 0 radical (unpaired) electrons. The number of nitrogens with one attached hydrogen (secondary N) is 1. The second-order valence-corrected chi connectivity index (χ2v) is 5.59. The molecule has 0 aliphatic heterocycles. The molecule has 0 spiro atoms. The minimum atomic E-state index is -0.0868. The zero-order valence-corrected chi connectivity index (χ0v) is 11.6. The van der Waals surface area contributed by atoms with E-state index in [1.54, 1.807) is 0 Å². The molecule has 1 saturated carbocycles. The maximum Gasteiger partial charge on any atom is 0.0767 e. The van der Waals surface area contributed by atoms with E-state index >= 15 is 0 Å². The zero-order valence-electron chi connectivity index (χ0n) is 11.6. The van der Waals surface area contributed by atoms with Gasteiger partial charge in [-0.3, -0.25) is 0 Å². The molecule has 3 rings (SSSR count). The molecule has 1 aromatic carbocycles. The van der Waals surface area contributed by atoms with Crippen molar-refractivity contribution in [2.75, 3.05) is 6.61 Å². The van der Waals surface area contributed by atoms with Crippen molar-refractivity contribution in [1.82, 2.24) is 15.1 Å². The van der Waals surface area contributed by atoms with Gasteiger partial charge in [-0.1, -0.05) is 31.0 Å². The molecule has 0 amide bonds. The van der Waals surface area contributed by atoms with Crippen LogP contribution < -0.4 is 5.32 Å². The summed E-state index contributed by atoms with van der Waals surface area (Å²) in [5, 5.41) is 17.7. The second-order valence-electron chi connectivity index (χ2n) is 5.59. The van der Waals surface area contributed by atoms with Gasteiger partial charge in [-0.2, -0.15) is 5.10 Å². The van der Waals surface area contributed by atoms with Crippen LogP contribution in [-0.2, 0) is 6.54 Å². The molecule has 0 bridgehead atoms. The summed E-state index contributed by atoms with van der Waals surface area (Å²) in [5.74, 6) is 0. The third-order valence-electron chi connectivity index (χ3n) is 4.17. The van der Waals surface area contributed by atoms with Crippen molar-refractivity contribution in [3.63, 3.8) is 0 Å². The fraction of sp³-hybridized carbons (Fsp3) is 0.438. The van der Waals surface area contributed by atoms with E-state index in [1.807, 2.05) is 47.3 Å². The van der Waals surface area contributed by atoms with Gasteiger partial charge in [-0.15, -0.1) is 0 Å². The highest BCUT2D eigenvalue weighted by Crippen LogP contribution is 2.29. The van der Waals surface area contributed by atoms with E-state index in [-0.39, 0.29) is 12.1 Å². The first-order chi connectivity index (χ1) is 9.81. The molecular weight excluding hydrogens is 250 g/mol. The van der Waals surface area contributed by atoms with Crippen LogP contribution in [0.5, 0.6) is 0 Å². The number of aliphatic hydroxyl groups excluding tert-OH is 1. The molecular formula is C16H21N3O. The molecule has 1 aliphatic carbocycles. The smallest absolute Gasteiger partial charge is 0.0767 e. The zero-order chi connectivity index (χ0) is 13.8. The average Bonchev–Trinajstić information content (AvgIpc) is 3.16. The Morgan fingerprint density at radius 3 is 2.60 bits per heavy atom. The minimum Gasteiger partial charge on any atom is -0.394 e. The lowest BCUT2D eigenvalue weighted by Gasteiger charge is -2.27. The summed E-state index contributed by atoms with van der Waals surface area (Å²) in [7, 11) is 0. The number of hydrogen-bond donors (Lipinski definition) is 2. The molecule has 0 atom stereocenters. The summed E-state index contributed by atoms with van der Waals surface area (Å²) >= 11 is 0. The number of aliphatic hydroxyl groups is 1. The van der Waals surface area contributed by atoms with Crippen LogP contribution in [0, 0.1) is 0 Å². The van der Waals surface area contributed by atoms with Crippen LogP contribution in [0.3, 0.4) is 0 Å². The molecule has 1 heterocycles. The Balaban J connectivity index is 1.66. The Labute approximate surface area is 119 Å². The standard InChI is InChI=1S/C16H21N3O/c20-13-16(9-4-5-10-16)17-12-14-8-11-19(18-14)15-6-2-1-3-7-15/h1-3,6-8,11,17,20H,4-5,9-10,12-13H2. The first kappa shape index (κ1) is 13.3. The quantitative estimate of drug-likeness (QED) is 0.877. The number of rotatable bonds is 5. The lowest BCUT2D eigenvalue weighted by Crippen LogP contribution is -2.45. The van der Waals surface area contributed by atoms with Gasteiger partial charge in [0.15, 0.2) is 0 Å². The maximum absolute atomic E-state index is 9.59. The number of nitrogens with zero attached hydrogens (tertiary/aromatic N) is 2. The molecule has 1 aliphatic rings. The third-order valence-corrected chi connectivity index (χ3v) is 4.17. The highest BCUT2D eigenvalue weighted by Gasteiger charge is 2.32. The van der Waals surface area contributed by atoms with Crippen LogP contribution >= 0.6 is 0 Å². The number of hydrogen-bond acceptors (Lipinski definition) is 3. The van der Waals surface area contributed by atoms with Crippen LogP contribution in [0.25, 0.3) is 5.69 Å². The van der Waals surface area contributed by atoms with Crippen LogP contribution in [0.15, 0.2) is 42.6 Å². The largest absolute Gasteiger partial charge is 0.394 e. The summed E-state index contributed by atoms with van der Waals surface area (Å²) in [4.78, 5) is 0. The van der Waals surface area contributed by atoms with Crippen molar-refractivity contribution < 1.29 is 5.11 Å². The van der Waals surface area contributed by atoms with Gasteiger partial charge < -0.3 is 10.4 Å². The Bertz CT molecular complexity index is 544. The molecule has 0 saturated heterocycles. The van der Waals surface area contributed by atoms with Crippen LogP contribution in [0.1, 0.15) is 31.4 Å². The topological polar surface area (TPSA) is 50.1 Å². The maximum atomic E-state index is 9.59.